The van der Waals surface area contributed by atoms with Gasteiger partial charge in [0.1, 0.15) is 6.17 Å². The fourth-order valence-electron chi connectivity index (χ4n) is 3.71. The molecule has 2 fully saturated rings. The van der Waals surface area contributed by atoms with E-state index in [9.17, 15) is 4.79 Å². The van der Waals surface area contributed by atoms with E-state index in [1.807, 2.05) is 0 Å². The molecule has 0 aromatic heterocycles. The highest BCUT2D eigenvalue weighted by atomic mass is 16.2. The van der Waals surface area contributed by atoms with Gasteiger partial charge in [0, 0.05) is 6.04 Å². The number of rotatable bonds is 2. The Morgan fingerprint density at radius 3 is 2.62 bits per heavy atom. The van der Waals surface area contributed by atoms with E-state index in [2.05, 4.69) is 55.3 Å². The van der Waals surface area contributed by atoms with Gasteiger partial charge in [0.2, 0.25) is 5.91 Å². The van der Waals surface area contributed by atoms with Crippen LogP contribution in [0.1, 0.15) is 56.8 Å². The Morgan fingerprint density at radius 1 is 1.24 bits per heavy atom. The first-order valence-electron chi connectivity index (χ1n) is 8.07. The topological polar surface area (TPSA) is 32.3 Å². The van der Waals surface area contributed by atoms with Gasteiger partial charge in [-0.05, 0) is 43.6 Å². The monoisotopic (exact) mass is 286 g/mol. The van der Waals surface area contributed by atoms with E-state index >= 15 is 0 Å². The quantitative estimate of drug-likeness (QED) is 0.904. The molecular weight excluding hydrogens is 260 g/mol. The highest BCUT2D eigenvalue weighted by molar-refractivity contribution is 5.81. The third-order valence-corrected chi connectivity index (χ3v) is 5.07. The predicted octanol–water partition coefficient (Wildman–Crippen LogP) is 3.39. The molecule has 1 heterocycles. The molecule has 114 valence electrons. The van der Waals surface area contributed by atoms with E-state index in [0.29, 0.717) is 18.0 Å². The lowest BCUT2D eigenvalue weighted by Crippen LogP contribution is -2.42. The van der Waals surface area contributed by atoms with Crippen molar-refractivity contribution >= 4 is 5.91 Å². The van der Waals surface area contributed by atoms with E-state index in [4.69, 9.17) is 0 Å². The number of aryl methyl sites for hydroxylation is 1. The molecule has 2 aliphatic rings. The first kappa shape index (κ1) is 14.6. The minimum Gasteiger partial charge on any atom is -0.319 e. The van der Waals surface area contributed by atoms with E-state index in [-0.39, 0.29) is 12.1 Å². The first-order chi connectivity index (χ1) is 9.96. The molecule has 1 aliphatic heterocycles. The van der Waals surface area contributed by atoms with Gasteiger partial charge in [0.15, 0.2) is 0 Å². The Morgan fingerprint density at radius 2 is 1.95 bits per heavy atom. The number of benzene rings is 1. The number of amides is 1. The summed E-state index contributed by atoms with van der Waals surface area (Å²) in [5, 5.41) is 3.39. The van der Waals surface area contributed by atoms with Gasteiger partial charge in [-0.15, -0.1) is 0 Å². The van der Waals surface area contributed by atoms with Crippen LogP contribution in [0, 0.1) is 12.3 Å². The van der Waals surface area contributed by atoms with Crippen LogP contribution in [0.3, 0.4) is 0 Å². The highest BCUT2D eigenvalue weighted by Crippen LogP contribution is 2.39. The third-order valence-electron chi connectivity index (χ3n) is 5.07. The fourth-order valence-corrected chi connectivity index (χ4v) is 3.71. The molecule has 1 aromatic rings. The Balaban J connectivity index is 1.80. The first-order valence-corrected chi connectivity index (χ1v) is 8.07. The van der Waals surface area contributed by atoms with E-state index in [0.717, 1.165) is 12.8 Å². The second-order valence-corrected chi connectivity index (χ2v) is 7.39. The molecule has 21 heavy (non-hydrogen) atoms. The van der Waals surface area contributed by atoms with Crippen LogP contribution >= 0.6 is 0 Å². The zero-order chi connectivity index (χ0) is 15.0. The summed E-state index contributed by atoms with van der Waals surface area (Å²) in [5.74, 6) is 0.256. The summed E-state index contributed by atoms with van der Waals surface area (Å²) >= 11 is 0. The van der Waals surface area contributed by atoms with Crippen LogP contribution in [-0.2, 0) is 4.79 Å². The van der Waals surface area contributed by atoms with Crippen molar-refractivity contribution in [3.8, 4) is 0 Å². The van der Waals surface area contributed by atoms with Gasteiger partial charge < -0.3 is 4.90 Å². The zero-order valence-electron chi connectivity index (χ0n) is 13.4. The molecular formula is C18H26N2O. The molecule has 1 amide bonds. The lowest BCUT2D eigenvalue weighted by Gasteiger charge is -2.40. The predicted molar refractivity (Wildman–Crippen MR) is 84.8 cm³/mol. The number of carbonyl (C=O) groups is 1. The van der Waals surface area contributed by atoms with E-state index in [1.165, 1.54) is 24.0 Å². The smallest absolute Gasteiger partial charge is 0.238 e. The number of hydrogen-bond donors (Lipinski definition) is 1. The number of nitrogens with one attached hydrogen (secondary N) is 1. The largest absolute Gasteiger partial charge is 0.319 e. The van der Waals surface area contributed by atoms with Crippen LogP contribution in [0.5, 0.6) is 0 Å². The maximum atomic E-state index is 12.4. The van der Waals surface area contributed by atoms with E-state index < -0.39 is 0 Å². The van der Waals surface area contributed by atoms with Crippen molar-refractivity contribution in [1.29, 1.82) is 0 Å². The molecule has 1 saturated carbocycles. The third kappa shape index (κ3) is 2.98. The molecule has 1 N–H and O–H groups in total. The molecule has 3 rings (SSSR count). The van der Waals surface area contributed by atoms with Crippen LogP contribution in [0.4, 0.5) is 0 Å². The van der Waals surface area contributed by atoms with Crippen LogP contribution in [0.2, 0.25) is 0 Å². The summed E-state index contributed by atoms with van der Waals surface area (Å²) in [5.41, 5.74) is 2.90. The molecule has 1 atom stereocenters. The fraction of sp³-hybridized carbons (Fsp3) is 0.611. The van der Waals surface area contributed by atoms with Gasteiger partial charge in [-0.25, -0.2) is 0 Å². The lowest BCUT2D eigenvalue weighted by molar-refractivity contribution is -0.131. The SMILES string of the molecule is Cc1cccc(C2NCC(=O)N2C2CCC(C)(C)CC2)c1. The summed E-state index contributed by atoms with van der Waals surface area (Å²) in [6.45, 7) is 7.25. The Bertz CT molecular complexity index is 528. The highest BCUT2D eigenvalue weighted by Gasteiger charge is 2.39. The molecule has 1 aromatic carbocycles. The number of hydrogen-bond acceptors (Lipinski definition) is 2. The molecule has 0 spiro atoms. The van der Waals surface area contributed by atoms with Gasteiger partial charge in [0.05, 0.1) is 6.54 Å². The standard InChI is InChI=1S/C18H26N2O/c1-13-5-4-6-14(11-13)17-19-12-16(21)20(17)15-7-9-18(2,3)10-8-15/h4-6,11,15,17,19H,7-10,12H2,1-3H3. The van der Waals surface area contributed by atoms with Crippen molar-refractivity contribution < 1.29 is 4.79 Å². The van der Waals surface area contributed by atoms with Crippen LogP contribution in [0.25, 0.3) is 0 Å². The van der Waals surface area contributed by atoms with Gasteiger partial charge in [-0.2, -0.15) is 0 Å². The normalized spacial score (nSPS) is 26.3. The van der Waals surface area contributed by atoms with Crippen molar-refractivity contribution in [2.24, 2.45) is 5.41 Å². The molecule has 3 heteroatoms. The van der Waals surface area contributed by atoms with Gasteiger partial charge in [0.25, 0.3) is 0 Å². The summed E-state index contributed by atoms with van der Waals surface area (Å²) in [6, 6.07) is 8.90. The van der Waals surface area contributed by atoms with Crippen LogP contribution in [0.15, 0.2) is 24.3 Å². The number of nitrogens with zero attached hydrogens (tertiary/aromatic N) is 1. The molecule has 0 bridgehead atoms. The van der Waals surface area contributed by atoms with Gasteiger partial charge in [-0.1, -0.05) is 43.7 Å². The Kier molecular flexibility index (Phi) is 3.78. The van der Waals surface area contributed by atoms with Crippen molar-refractivity contribution in [3.63, 3.8) is 0 Å². The number of carbonyl (C=O) groups excluding carboxylic acids is 1. The van der Waals surface area contributed by atoms with Crippen molar-refractivity contribution in [3.05, 3.63) is 35.4 Å². The van der Waals surface area contributed by atoms with Crippen LogP contribution < -0.4 is 5.32 Å². The zero-order valence-corrected chi connectivity index (χ0v) is 13.4. The molecule has 0 radical (unpaired) electrons. The average molecular weight is 286 g/mol. The Hall–Kier alpha value is -1.35. The summed E-state index contributed by atoms with van der Waals surface area (Å²) < 4.78 is 0. The summed E-state index contributed by atoms with van der Waals surface area (Å²) in [6.07, 6.45) is 4.73. The summed E-state index contributed by atoms with van der Waals surface area (Å²) in [4.78, 5) is 14.5. The molecule has 1 saturated heterocycles. The van der Waals surface area contributed by atoms with Crippen LogP contribution in [-0.4, -0.2) is 23.4 Å². The Labute approximate surface area is 127 Å². The lowest BCUT2D eigenvalue weighted by atomic mass is 9.75. The van der Waals surface area contributed by atoms with Crippen molar-refractivity contribution in [1.82, 2.24) is 10.2 Å². The second kappa shape index (κ2) is 5.45. The molecule has 3 nitrogen and oxygen atoms in total. The maximum absolute atomic E-state index is 12.4. The van der Waals surface area contributed by atoms with Gasteiger partial charge >= 0.3 is 0 Å². The average Bonchev–Trinajstić information content (AvgIpc) is 2.81. The van der Waals surface area contributed by atoms with E-state index in [1.54, 1.807) is 0 Å². The molecule has 1 unspecified atom stereocenters. The minimum absolute atomic E-state index is 0.0589. The summed E-state index contributed by atoms with van der Waals surface area (Å²) in [7, 11) is 0. The molecule has 1 aliphatic carbocycles. The van der Waals surface area contributed by atoms with Crippen molar-refractivity contribution in [2.75, 3.05) is 6.54 Å². The maximum Gasteiger partial charge on any atom is 0.238 e. The minimum atomic E-state index is 0.0589. The second-order valence-electron chi connectivity index (χ2n) is 7.39. The van der Waals surface area contributed by atoms with Gasteiger partial charge in [-0.3, -0.25) is 10.1 Å². The van der Waals surface area contributed by atoms with Crippen molar-refractivity contribution in [2.45, 2.75) is 58.7 Å².